The van der Waals surface area contributed by atoms with Crippen LogP contribution in [0.15, 0.2) is 30.6 Å². The number of hydrogen-bond acceptors (Lipinski definition) is 5. The molecule has 1 heterocycles. The van der Waals surface area contributed by atoms with Crippen molar-refractivity contribution in [2.45, 2.75) is 12.3 Å². The SMILES string of the molecule is COc1ncc(-c2cc(C(F)(F)C(=O)O)ccc2OC(F)(F)F)cn1. The summed E-state index contributed by atoms with van der Waals surface area (Å²) in [4.78, 5) is 18.0. The van der Waals surface area contributed by atoms with Gasteiger partial charge < -0.3 is 14.6 Å². The predicted molar refractivity (Wildman–Crippen MR) is 72.2 cm³/mol. The van der Waals surface area contributed by atoms with Crippen LogP contribution in [0.5, 0.6) is 11.8 Å². The molecule has 25 heavy (non-hydrogen) atoms. The van der Waals surface area contributed by atoms with E-state index in [2.05, 4.69) is 14.7 Å². The smallest absolute Gasteiger partial charge is 0.477 e. The minimum absolute atomic E-state index is 0.103. The van der Waals surface area contributed by atoms with Crippen LogP contribution in [0.1, 0.15) is 5.56 Å². The Bertz CT molecular complexity index is 778. The molecule has 0 aliphatic rings. The Morgan fingerprint density at radius 1 is 1.12 bits per heavy atom. The van der Waals surface area contributed by atoms with E-state index in [1.54, 1.807) is 0 Å². The Hall–Kier alpha value is -2.98. The van der Waals surface area contributed by atoms with E-state index >= 15 is 0 Å². The van der Waals surface area contributed by atoms with Gasteiger partial charge in [-0.3, -0.25) is 0 Å². The molecule has 0 unspecified atom stereocenters. The van der Waals surface area contributed by atoms with Crippen molar-refractivity contribution >= 4 is 5.97 Å². The number of halogens is 5. The van der Waals surface area contributed by atoms with E-state index in [1.165, 1.54) is 7.11 Å². The largest absolute Gasteiger partial charge is 0.573 e. The first-order chi connectivity index (χ1) is 11.5. The fraction of sp³-hybridized carbons (Fsp3) is 0.214. The monoisotopic (exact) mass is 364 g/mol. The van der Waals surface area contributed by atoms with Crippen molar-refractivity contribution in [1.82, 2.24) is 9.97 Å². The lowest BCUT2D eigenvalue weighted by Crippen LogP contribution is -2.25. The van der Waals surface area contributed by atoms with E-state index in [4.69, 9.17) is 9.84 Å². The maximum Gasteiger partial charge on any atom is 0.573 e. The summed E-state index contributed by atoms with van der Waals surface area (Å²) in [6.07, 6.45) is -3.04. The summed E-state index contributed by atoms with van der Waals surface area (Å²) < 4.78 is 73.3. The number of rotatable bonds is 5. The van der Waals surface area contributed by atoms with Gasteiger partial charge in [-0.1, -0.05) is 0 Å². The van der Waals surface area contributed by atoms with E-state index < -0.39 is 35.1 Å². The number of nitrogens with zero attached hydrogens (tertiary/aromatic N) is 2. The molecule has 6 nitrogen and oxygen atoms in total. The normalized spacial score (nSPS) is 11.9. The van der Waals surface area contributed by atoms with Gasteiger partial charge in [0.2, 0.25) is 0 Å². The molecule has 0 atom stereocenters. The molecule has 2 rings (SSSR count). The van der Waals surface area contributed by atoms with E-state index in [1.807, 2.05) is 0 Å². The lowest BCUT2D eigenvalue weighted by Gasteiger charge is -2.17. The number of aliphatic carboxylic acids is 1. The molecule has 11 heteroatoms. The van der Waals surface area contributed by atoms with E-state index in [0.717, 1.165) is 12.4 Å². The van der Waals surface area contributed by atoms with E-state index in [-0.39, 0.29) is 11.6 Å². The number of methoxy groups -OCH3 is 1. The van der Waals surface area contributed by atoms with Crippen LogP contribution in [0.3, 0.4) is 0 Å². The Labute approximate surface area is 136 Å². The van der Waals surface area contributed by atoms with Crippen LogP contribution in [0, 0.1) is 0 Å². The number of carboxylic acids is 1. The second kappa shape index (κ2) is 6.49. The molecule has 0 saturated heterocycles. The Morgan fingerprint density at radius 2 is 1.72 bits per heavy atom. The lowest BCUT2D eigenvalue weighted by molar-refractivity contribution is -0.274. The fourth-order valence-corrected chi connectivity index (χ4v) is 1.85. The molecule has 1 N–H and O–H groups in total. The number of aromatic nitrogens is 2. The summed E-state index contributed by atoms with van der Waals surface area (Å²) in [5.41, 5.74) is -1.60. The maximum absolute atomic E-state index is 13.6. The molecule has 134 valence electrons. The maximum atomic E-state index is 13.6. The highest BCUT2D eigenvalue weighted by atomic mass is 19.4. The molecule has 0 radical (unpaired) electrons. The Balaban J connectivity index is 2.60. The number of benzene rings is 1. The van der Waals surface area contributed by atoms with Crippen LogP contribution in [-0.2, 0) is 10.7 Å². The quantitative estimate of drug-likeness (QED) is 0.821. The van der Waals surface area contributed by atoms with Gasteiger partial charge in [0.15, 0.2) is 0 Å². The van der Waals surface area contributed by atoms with Crippen molar-refractivity contribution in [2.75, 3.05) is 7.11 Å². The van der Waals surface area contributed by atoms with Crippen LogP contribution in [-0.4, -0.2) is 34.5 Å². The highest BCUT2D eigenvalue weighted by molar-refractivity contribution is 5.79. The number of carbonyl (C=O) groups is 1. The Kier molecular flexibility index (Phi) is 4.77. The molecule has 0 aliphatic carbocycles. The Morgan fingerprint density at radius 3 is 2.20 bits per heavy atom. The number of alkyl halides is 5. The second-order valence-electron chi connectivity index (χ2n) is 4.60. The highest BCUT2D eigenvalue weighted by Gasteiger charge is 2.42. The first-order valence-corrected chi connectivity index (χ1v) is 6.42. The van der Waals surface area contributed by atoms with E-state index in [9.17, 15) is 26.7 Å². The lowest BCUT2D eigenvalue weighted by atomic mass is 10.0. The molecule has 0 aliphatic heterocycles. The van der Waals surface area contributed by atoms with Gasteiger partial charge in [-0.25, -0.2) is 14.8 Å². The summed E-state index contributed by atoms with van der Waals surface area (Å²) in [5.74, 6) is -7.57. The van der Waals surface area contributed by atoms with Gasteiger partial charge in [-0.2, -0.15) is 8.78 Å². The first kappa shape index (κ1) is 18.4. The summed E-state index contributed by atoms with van der Waals surface area (Å²) in [6, 6.07) is 1.59. The predicted octanol–water partition coefficient (Wildman–Crippen LogP) is 3.23. The second-order valence-corrected chi connectivity index (χ2v) is 4.60. The molecule has 2 aromatic rings. The van der Waals surface area contributed by atoms with Crippen molar-refractivity contribution in [3.05, 3.63) is 36.2 Å². The van der Waals surface area contributed by atoms with Crippen molar-refractivity contribution in [3.63, 3.8) is 0 Å². The number of ether oxygens (including phenoxy) is 2. The molecule has 0 bridgehead atoms. The van der Waals surface area contributed by atoms with Crippen molar-refractivity contribution in [1.29, 1.82) is 0 Å². The van der Waals surface area contributed by atoms with E-state index in [0.29, 0.717) is 18.2 Å². The van der Waals surface area contributed by atoms with Crippen LogP contribution >= 0.6 is 0 Å². The van der Waals surface area contributed by atoms with Crippen LogP contribution in [0.25, 0.3) is 11.1 Å². The summed E-state index contributed by atoms with van der Waals surface area (Å²) in [7, 11) is 1.25. The molecule has 1 aromatic heterocycles. The van der Waals surface area contributed by atoms with Gasteiger partial charge >= 0.3 is 24.3 Å². The first-order valence-electron chi connectivity index (χ1n) is 6.42. The van der Waals surface area contributed by atoms with Crippen molar-refractivity contribution < 1.29 is 41.3 Å². The summed E-state index contributed by atoms with van der Waals surface area (Å²) >= 11 is 0. The summed E-state index contributed by atoms with van der Waals surface area (Å²) in [5, 5.41) is 8.58. The zero-order valence-electron chi connectivity index (χ0n) is 12.3. The van der Waals surface area contributed by atoms with Crippen LogP contribution < -0.4 is 9.47 Å². The molecule has 0 fully saturated rings. The van der Waals surface area contributed by atoms with Gasteiger partial charge in [0, 0.05) is 29.1 Å². The highest BCUT2D eigenvalue weighted by Crippen LogP contribution is 2.38. The van der Waals surface area contributed by atoms with Gasteiger partial charge in [0.05, 0.1) is 7.11 Å². The topological polar surface area (TPSA) is 81.5 Å². The minimum atomic E-state index is -5.08. The molecule has 1 aromatic carbocycles. The molecular formula is C14H9F5N2O4. The average molecular weight is 364 g/mol. The number of carboxylic acid groups (broad SMARTS) is 1. The third kappa shape index (κ3) is 4.11. The summed E-state index contributed by atoms with van der Waals surface area (Å²) in [6.45, 7) is 0. The zero-order valence-corrected chi connectivity index (χ0v) is 12.3. The fourth-order valence-electron chi connectivity index (χ4n) is 1.85. The zero-order chi connectivity index (χ0) is 18.8. The van der Waals surface area contributed by atoms with Gasteiger partial charge in [0.1, 0.15) is 5.75 Å². The molecule has 0 spiro atoms. The van der Waals surface area contributed by atoms with Gasteiger partial charge in [-0.05, 0) is 18.2 Å². The standard InChI is InChI=1S/C14H9F5N2O4/c1-24-12-20-5-7(6-21-12)9-4-8(13(15,16)11(22)23)2-3-10(9)25-14(17,18)19/h2-6H,1H3,(H,22,23). The number of hydrogen-bond donors (Lipinski definition) is 1. The van der Waals surface area contributed by atoms with Crippen LogP contribution in [0.2, 0.25) is 0 Å². The van der Waals surface area contributed by atoms with Crippen molar-refractivity contribution in [3.8, 4) is 22.9 Å². The van der Waals surface area contributed by atoms with Crippen LogP contribution in [0.4, 0.5) is 22.0 Å². The van der Waals surface area contributed by atoms with Crippen molar-refractivity contribution in [2.24, 2.45) is 0 Å². The molecular weight excluding hydrogens is 355 g/mol. The molecule has 0 amide bonds. The minimum Gasteiger partial charge on any atom is -0.477 e. The van der Waals surface area contributed by atoms with Gasteiger partial charge in [0.25, 0.3) is 0 Å². The average Bonchev–Trinajstić information content (AvgIpc) is 2.53. The third-order valence-corrected chi connectivity index (χ3v) is 2.96. The molecule has 0 saturated carbocycles. The van der Waals surface area contributed by atoms with Gasteiger partial charge in [-0.15, -0.1) is 13.2 Å². The third-order valence-electron chi connectivity index (χ3n) is 2.96.